The van der Waals surface area contributed by atoms with Crippen molar-refractivity contribution in [3.05, 3.63) is 46.6 Å². The number of H-pyrrole nitrogens is 1. The predicted octanol–water partition coefficient (Wildman–Crippen LogP) is 4.80. The Labute approximate surface area is 170 Å². The third kappa shape index (κ3) is 2.96. The lowest BCUT2D eigenvalue weighted by molar-refractivity contribution is -0.136. The number of rotatable bonds is 4. The van der Waals surface area contributed by atoms with Crippen LogP contribution >= 0.6 is 0 Å². The van der Waals surface area contributed by atoms with Gasteiger partial charge in [0.2, 0.25) is 0 Å². The van der Waals surface area contributed by atoms with Gasteiger partial charge in [0.05, 0.1) is 18.4 Å². The molecule has 156 valence electrons. The van der Waals surface area contributed by atoms with E-state index in [1.54, 1.807) is 24.1 Å². The molecule has 0 saturated heterocycles. The number of halogens is 3. The number of methoxy groups -OCH3 is 1. The third-order valence-corrected chi connectivity index (χ3v) is 5.67. The number of hydrogen-bond donors (Lipinski definition) is 2. The van der Waals surface area contributed by atoms with Gasteiger partial charge in [0.25, 0.3) is 5.91 Å². The van der Waals surface area contributed by atoms with E-state index in [0.717, 1.165) is 24.6 Å². The standard InChI is InChI=1S/C21H19F3N4O2/c1-28-9-11-5-15(16(30-2)6-13(11)20(28)29)26-17-7-12(10-3-4-10)18-14(21(22,23)24)8-25-19(18)27-17/h5-8,10H,3-4,9H2,1-2H3,(H2,25,26,27). The van der Waals surface area contributed by atoms with Crippen LogP contribution in [0.25, 0.3) is 11.0 Å². The van der Waals surface area contributed by atoms with Crippen molar-refractivity contribution in [3.63, 3.8) is 0 Å². The van der Waals surface area contributed by atoms with E-state index in [0.29, 0.717) is 34.9 Å². The number of aromatic nitrogens is 2. The summed E-state index contributed by atoms with van der Waals surface area (Å²) in [5.41, 5.74) is 2.20. The zero-order valence-corrected chi connectivity index (χ0v) is 16.4. The van der Waals surface area contributed by atoms with E-state index in [4.69, 9.17) is 4.74 Å². The van der Waals surface area contributed by atoms with Gasteiger partial charge in [-0.25, -0.2) is 4.98 Å². The summed E-state index contributed by atoms with van der Waals surface area (Å²) in [5, 5.41) is 3.32. The summed E-state index contributed by atoms with van der Waals surface area (Å²) >= 11 is 0. The smallest absolute Gasteiger partial charge is 0.418 e. The molecule has 1 amide bonds. The van der Waals surface area contributed by atoms with Gasteiger partial charge in [0.1, 0.15) is 17.2 Å². The van der Waals surface area contributed by atoms with Crippen molar-refractivity contribution in [1.29, 1.82) is 0 Å². The van der Waals surface area contributed by atoms with Crippen LogP contribution < -0.4 is 10.1 Å². The number of nitrogens with one attached hydrogen (secondary N) is 2. The van der Waals surface area contributed by atoms with Crippen molar-refractivity contribution in [3.8, 4) is 5.75 Å². The number of ether oxygens (including phenoxy) is 1. The summed E-state index contributed by atoms with van der Waals surface area (Å²) in [6.45, 7) is 0.484. The molecule has 1 fully saturated rings. The van der Waals surface area contributed by atoms with Crippen LogP contribution in [0.4, 0.5) is 24.7 Å². The molecule has 0 spiro atoms. The van der Waals surface area contributed by atoms with Crippen LogP contribution in [0.2, 0.25) is 0 Å². The lowest BCUT2D eigenvalue weighted by Gasteiger charge is -2.14. The second-order valence-electron chi connectivity index (χ2n) is 7.79. The van der Waals surface area contributed by atoms with Crippen molar-refractivity contribution in [1.82, 2.24) is 14.9 Å². The molecular formula is C21H19F3N4O2. The van der Waals surface area contributed by atoms with Crippen LogP contribution in [0, 0.1) is 0 Å². The minimum absolute atomic E-state index is 0.0727. The van der Waals surface area contributed by atoms with Crippen molar-refractivity contribution >= 4 is 28.4 Å². The lowest BCUT2D eigenvalue weighted by Crippen LogP contribution is -2.17. The van der Waals surface area contributed by atoms with Gasteiger partial charge in [-0.1, -0.05) is 0 Å². The van der Waals surface area contributed by atoms with E-state index in [-0.39, 0.29) is 22.9 Å². The average molecular weight is 416 g/mol. The highest BCUT2D eigenvalue weighted by atomic mass is 19.4. The number of carbonyl (C=O) groups is 1. The maximum Gasteiger partial charge on any atom is 0.418 e. The minimum Gasteiger partial charge on any atom is -0.495 e. The number of nitrogens with zero attached hydrogens (tertiary/aromatic N) is 2. The molecule has 0 unspecified atom stereocenters. The molecule has 3 aromatic rings. The van der Waals surface area contributed by atoms with Crippen LogP contribution in [0.1, 0.15) is 45.8 Å². The number of hydrogen-bond acceptors (Lipinski definition) is 4. The van der Waals surface area contributed by atoms with Gasteiger partial charge < -0.3 is 19.9 Å². The summed E-state index contributed by atoms with van der Waals surface area (Å²) in [6.07, 6.45) is -1.75. The van der Waals surface area contributed by atoms with Crippen LogP contribution in [-0.4, -0.2) is 34.9 Å². The first-order valence-electron chi connectivity index (χ1n) is 9.59. The molecule has 1 aliphatic carbocycles. The van der Waals surface area contributed by atoms with Gasteiger partial charge in [0, 0.05) is 30.7 Å². The first kappa shape index (κ1) is 18.8. The lowest BCUT2D eigenvalue weighted by atomic mass is 10.0. The van der Waals surface area contributed by atoms with Gasteiger partial charge >= 0.3 is 6.18 Å². The van der Waals surface area contributed by atoms with Crippen LogP contribution in [0.15, 0.2) is 24.4 Å². The second kappa shape index (κ2) is 6.38. The maximum atomic E-state index is 13.4. The molecular weight excluding hydrogens is 397 g/mol. The maximum absolute atomic E-state index is 13.4. The van der Waals surface area contributed by atoms with Crippen LogP contribution in [0.3, 0.4) is 0 Å². The molecule has 3 heterocycles. The Hall–Kier alpha value is -3.23. The third-order valence-electron chi connectivity index (χ3n) is 5.67. The van der Waals surface area contributed by atoms with Gasteiger partial charge in [-0.3, -0.25) is 4.79 Å². The quantitative estimate of drug-likeness (QED) is 0.641. The zero-order valence-electron chi connectivity index (χ0n) is 16.4. The van der Waals surface area contributed by atoms with E-state index in [9.17, 15) is 18.0 Å². The molecule has 30 heavy (non-hydrogen) atoms. The fourth-order valence-corrected chi connectivity index (χ4v) is 4.06. The number of aromatic amines is 1. The molecule has 1 saturated carbocycles. The predicted molar refractivity (Wildman–Crippen MR) is 105 cm³/mol. The van der Waals surface area contributed by atoms with Crippen molar-refractivity contribution in [2.24, 2.45) is 0 Å². The highest BCUT2D eigenvalue weighted by Crippen LogP contribution is 2.47. The number of benzene rings is 1. The molecule has 0 radical (unpaired) electrons. The highest BCUT2D eigenvalue weighted by molar-refractivity contribution is 5.99. The molecule has 2 N–H and O–H groups in total. The number of pyridine rings is 1. The van der Waals surface area contributed by atoms with E-state index >= 15 is 0 Å². The number of alkyl halides is 3. The Kier molecular flexibility index (Phi) is 4.00. The first-order chi connectivity index (χ1) is 14.3. The fourth-order valence-electron chi connectivity index (χ4n) is 4.06. The largest absolute Gasteiger partial charge is 0.495 e. The molecule has 1 aromatic carbocycles. The Balaban J connectivity index is 1.59. The van der Waals surface area contributed by atoms with E-state index in [1.165, 1.54) is 7.11 Å². The zero-order chi connectivity index (χ0) is 21.2. The fraction of sp³-hybridized carbons (Fsp3) is 0.333. The number of carbonyl (C=O) groups excluding carboxylic acids is 1. The van der Waals surface area contributed by atoms with Gasteiger partial charge in [-0.05, 0) is 48.1 Å². The van der Waals surface area contributed by atoms with E-state index < -0.39 is 11.7 Å². The summed E-state index contributed by atoms with van der Waals surface area (Å²) in [6, 6.07) is 5.20. The summed E-state index contributed by atoms with van der Waals surface area (Å²) in [7, 11) is 3.23. The normalized spacial score (nSPS) is 16.3. The van der Waals surface area contributed by atoms with Gasteiger partial charge in [-0.15, -0.1) is 0 Å². The number of fused-ring (bicyclic) bond motifs is 2. The molecule has 5 rings (SSSR count). The molecule has 0 atom stereocenters. The summed E-state index contributed by atoms with van der Waals surface area (Å²) in [4.78, 5) is 20.9. The number of anilines is 2. The van der Waals surface area contributed by atoms with E-state index in [2.05, 4.69) is 15.3 Å². The van der Waals surface area contributed by atoms with Crippen LogP contribution in [0.5, 0.6) is 5.75 Å². The topological polar surface area (TPSA) is 70.2 Å². The Bertz CT molecular complexity index is 1180. The molecule has 1 aliphatic heterocycles. The van der Waals surface area contributed by atoms with Crippen molar-refractivity contribution < 1.29 is 22.7 Å². The average Bonchev–Trinajstić information content (AvgIpc) is 3.38. The highest BCUT2D eigenvalue weighted by Gasteiger charge is 2.37. The monoisotopic (exact) mass is 416 g/mol. The Morgan fingerprint density at radius 1 is 1.27 bits per heavy atom. The molecule has 9 heteroatoms. The first-order valence-corrected chi connectivity index (χ1v) is 9.59. The molecule has 2 aromatic heterocycles. The van der Waals surface area contributed by atoms with Gasteiger partial charge in [0.15, 0.2) is 0 Å². The van der Waals surface area contributed by atoms with Crippen molar-refractivity contribution in [2.75, 3.05) is 19.5 Å². The Morgan fingerprint density at radius 3 is 2.70 bits per heavy atom. The molecule has 6 nitrogen and oxygen atoms in total. The molecule has 0 bridgehead atoms. The minimum atomic E-state index is -4.44. The van der Waals surface area contributed by atoms with Gasteiger partial charge in [-0.2, -0.15) is 13.2 Å². The molecule has 2 aliphatic rings. The number of amides is 1. The Morgan fingerprint density at radius 2 is 2.03 bits per heavy atom. The van der Waals surface area contributed by atoms with Crippen molar-refractivity contribution in [2.45, 2.75) is 31.5 Å². The van der Waals surface area contributed by atoms with Crippen LogP contribution in [-0.2, 0) is 12.7 Å². The summed E-state index contributed by atoms with van der Waals surface area (Å²) in [5.74, 6) is 0.920. The summed E-state index contributed by atoms with van der Waals surface area (Å²) < 4.78 is 45.8. The second-order valence-corrected chi connectivity index (χ2v) is 7.79. The SMILES string of the molecule is COc1cc2c(cc1Nc1cc(C3CC3)c3c(C(F)(F)F)c[nH]c3n1)CN(C)C2=O. The van der Waals surface area contributed by atoms with E-state index in [1.807, 2.05) is 6.07 Å².